The number of rotatable bonds is 4. The summed E-state index contributed by atoms with van der Waals surface area (Å²) in [6, 6.07) is 15.2. The van der Waals surface area contributed by atoms with Crippen molar-refractivity contribution in [3.8, 4) is 17.0 Å². The van der Waals surface area contributed by atoms with Crippen LogP contribution in [0.4, 0.5) is 4.39 Å². The molecular weight excluding hydrogens is 399 g/mol. The van der Waals surface area contributed by atoms with Crippen LogP contribution in [0.5, 0.6) is 5.75 Å². The van der Waals surface area contributed by atoms with E-state index in [1.807, 2.05) is 24.3 Å². The third-order valence-corrected chi connectivity index (χ3v) is 5.44. The van der Waals surface area contributed by atoms with E-state index in [0.717, 1.165) is 11.3 Å². The van der Waals surface area contributed by atoms with Crippen LogP contribution in [-0.2, 0) is 7.05 Å². The quantitative estimate of drug-likeness (QED) is 0.649. The lowest BCUT2D eigenvalue weighted by Gasteiger charge is -2.34. The first-order valence-corrected chi connectivity index (χ1v) is 9.99. The lowest BCUT2D eigenvalue weighted by atomic mass is 10.1. The Labute approximate surface area is 179 Å². The predicted molar refractivity (Wildman–Crippen MR) is 113 cm³/mol. The molecule has 31 heavy (non-hydrogen) atoms. The number of nitrogens with zero attached hydrogens (tertiary/aromatic N) is 4. The molecule has 0 spiro atoms. The maximum absolute atomic E-state index is 13.9. The number of amides is 2. The molecule has 1 aliphatic heterocycles. The molecular formula is C23H23FN4O3. The Hall–Kier alpha value is -3.68. The van der Waals surface area contributed by atoms with E-state index in [4.69, 9.17) is 4.74 Å². The van der Waals surface area contributed by atoms with Gasteiger partial charge in [-0.3, -0.25) is 14.3 Å². The lowest BCUT2D eigenvalue weighted by molar-refractivity contribution is 0.0527. The molecule has 0 bridgehead atoms. The number of halogens is 1. The summed E-state index contributed by atoms with van der Waals surface area (Å²) in [7, 11) is 3.34. The Bertz CT molecular complexity index is 1100. The molecule has 1 fully saturated rings. The highest BCUT2D eigenvalue weighted by atomic mass is 19.1. The number of aromatic nitrogens is 2. The molecule has 2 aromatic carbocycles. The molecule has 3 aromatic rings. The highest BCUT2D eigenvalue weighted by Crippen LogP contribution is 2.23. The van der Waals surface area contributed by atoms with Crippen LogP contribution in [0.25, 0.3) is 11.3 Å². The van der Waals surface area contributed by atoms with Gasteiger partial charge in [-0.05, 0) is 42.5 Å². The van der Waals surface area contributed by atoms with Gasteiger partial charge in [0.15, 0.2) is 0 Å². The molecule has 1 saturated heterocycles. The molecule has 8 heteroatoms. The number of benzene rings is 2. The van der Waals surface area contributed by atoms with Gasteiger partial charge in [-0.15, -0.1) is 0 Å². The molecule has 0 N–H and O–H groups in total. The SMILES string of the molecule is COc1ccc(-c2cc(C(=O)N3CCN(C(=O)c4ccccc4F)CC3)n(C)n2)cc1. The van der Waals surface area contributed by atoms with Crippen LogP contribution in [-0.4, -0.2) is 64.7 Å². The number of ether oxygens (including phenoxy) is 1. The fraction of sp³-hybridized carbons (Fsp3) is 0.261. The van der Waals surface area contributed by atoms with Crippen LogP contribution in [0, 0.1) is 5.82 Å². The Morgan fingerprint density at radius 1 is 0.935 bits per heavy atom. The first-order chi connectivity index (χ1) is 15.0. The molecule has 0 aliphatic carbocycles. The third-order valence-electron chi connectivity index (χ3n) is 5.44. The van der Waals surface area contributed by atoms with Crippen molar-refractivity contribution in [2.24, 2.45) is 7.05 Å². The molecule has 0 radical (unpaired) electrons. The van der Waals surface area contributed by atoms with Crippen LogP contribution in [0.15, 0.2) is 54.6 Å². The van der Waals surface area contributed by atoms with Gasteiger partial charge in [0.2, 0.25) is 0 Å². The summed E-state index contributed by atoms with van der Waals surface area (Å²) in [5.74, 6) is -0.286. The van der Waals surface area contributed by atoms with Crippen LogP contribution in [0.1, 0.15) is 20.8 Å². The van der Waals surface area contributed by atoms with Gasteiger partial charge < -0.3 is 14.5 Å². The van der Waals surface area contributed by atoms with E-state index < -0.39 is 5.82 Å². The van der Waals surface area contributed by atoms with E-state index in [1.165, 1.54) is 12.1 Å². The Kier molecular flexibility index (Phi) is 5.70. The lowest BCUT2D eigenvalue weighted by Crippen LogP contribution is -2.51. The number of hydrogen-bond acceptors (Lipinski definition) is 4. The summed E-state index contributed by atoms with van der Waals surface area (Å²) in [6.07, 6.45) is 0. The predicted octanol–water partition coefficient (Wildman–Crippen LogP) is 2.83. The van der Waals surface area contributed by atoms with Gasteiger partial charge in [0, 0.05) is 38.8 Å². The van der Waals surface area contributed by atoms with Crippen LogP contribution >= 0.6 is 0 Å². The summed E-state index contributed by atoms with van der Waals surface area (Å²) in [6.45, 7) is 1.45. The highest BCUT2D eigenvalue weighted by Gasteiger charge is 2.28. The molecule has 0 saturated carbocycles. The van der Waals surface area contributed by atoms with E-state index in [0.29, 0.717) is 37.6 Å². The van der Waals surface area contributed by atoms with Gasteiger partial charge in [0.05, 0.1) is 18.4 Å². The Morgan fingerprint density at radius 2 is 1.55 bits per heavy atom. The minimum absolute atomic E-state index is 0.0537. The molecule has 7 nitrogen and oxygen atoms in total. The summed E-state index contributed by atoms with van der Waals surface area (Å²) < 4.78 is 20.7. The summed E-state index contributed by atoms with van der Waals surface area (Å²) in [5.41, 5.74) is 2.11. The maximum atomic E-state index is 13.9. The minimum atomic E-state index is -0.535. The standard InChI is InChI=1S/C23H23FN4O3/c1-26-21(15-20(25-26)16-7-9-17(31-2)10-8-16)23(30)28-13-11-27(12-14-28)22(29)18-5-3-4-6-19(18)24/h3-10,15H,11-14H2,1-2H3. The van der Waals surface area contributed by atoms with Crippen LogP contribution in [0.3, 0.4) is 0 Å². The van der Waals surface area contributed by atoms with Crippen molar-refractivity contribution in [3.63, 3.8) is 0 Å². The molecule has 0 atom stereocenters. The van der Waals surface area contributed by atoms with E-state index in [1.54, 1.807) is 46.8 Å². The number of methoxy groups -OCH3 is 1. The zero-order chi connectivity index (χ0) is 22.0. The van der Waals surface area contributed by atoms with E-state index >= 15 is 0 Å². The van der Waals surface area contributed by atoms with Gasteiger partial charge in [-0.2, -0.15) is 5.10 Å². The van der Waals surface area contributed by atoms with Gasteiger partial charge in [0.1, 0.15) is 17.3 Å². The second kappa shape index (κ2) is 8.59. The average Bonchev–Trinajstić information content (AvgIpc) is 3.20. The van der Waals surface area contributed by atoms with Crippen molar-refractivity contribution >= 4 is 11.8 Å². The summed E-state index contributed by atoms with van der Waals surface area (Å²) in [4.78, 5) is 28.9. The molecule has 2 heterocycles. The van der Waals surface area contributed by atoms with Crippen molar-refractivity contribution in [2.75, 3.05) is 33.3 Å². The van der Waals surface area contributed by atoms with Gasteiger partial charge in [-0.25, -0.2) is 4.39 Å². The van der Waals surface area contributed by atoms with Crippen LogP contribution in [0.2, 0.25) is 0 Å². The van der Waals surface area contributed by atoms with Crippen molar-refractivity contribution < 1.29 is 18.7 Å². The maximum Gasteiger partial charge on any atom is 0.272 e. The first kappa shape index (κ1) is 20.6. The van der Waals surface area contributed by atoms with Gasteiger partial charge in [-0.1, -0.05) is 12.1 Å². The molecule has 160 valence electrons. The Balaban J connectivity index is 1.43. The third kappa shape index (κ3) is 4.14. The first-order valence-electron chi connectivity index (χ1n) is 9.99. The molecule has 4 rings (SSSR count). The number of piperazine rings is 1. The number of hydrogen-bond donors (Lipinski definition) is 0. The largest absolute Gasteiger partial charge is 0.497 e. The molecule has 0 unspecified atom stereocenters. The van der Waals surface area contributed by atoms with E-state index in [9.17, 15) is 14.0 Å². The summed E-state index contributed by atoms with van der Waals surface area (Å²) in [5, 5.41) is 4.47. The second-order valence-electron chi connectivity index (χ2n) is 7.33. The van der Waals surface area contributed by atoms with Crippen molar-refractivity contribution in [3.05, 3.63) is 71.7 Å². The van der Waals surface area contributed by atoms with E-state index in [2.05, 4.69) is 5.10 Å². The normalized spacial score (nSPS) is 13.9. The molecule has 1 aromatic heterocycles. The fourth-order valence-electron chi connectivity index (χ4n) is 3.65. The topological polar surface area (TPSA) is 67.7 Å². The number of carbonyl (C=O) groups is 2. The molecule has 2 amide bonds. The Morgan fingerprint density at radius 3 is 2.16 bits per heavy atom. The van der Waals surface area contributed by atoms with Crippen molar-refractivity contribution in [1.29, 1.82) is 0 Å². The van der Waals surface area contributed by atoms with E-state index in [-0.39, 0.29) is 17.4 Å². The molecule has 1 aliphatic rings. The summed E-state index contributed by atoms with van der Waals surface area (Å²) >= 11 is 0. The van der Waals surface area contributed by atoms with Crippen LogP contribution < -0.4 is 4.74 Å². The van der Waals surface area contributed by atoms with Crippen molar-refractivity contribution in [2.45, 2.75) is 0 Å². The monoisotopic (exact) mass is 422 g/mol. The number of aryl methyl sites for hydroxylation is 1. The minimum Gasteiger partial charge on any atom is -0.497 e. The highest BCUT2D eigenvalue weighted by molar-refractivity contribution is 5.96. The fourth-order valence-corrected chi connectivity index (χ4v) is 3.65. The average molecular weight is 422 g/mol. The van der Waals surface area contributed by atoms with Crippen molar-refractivity contribution in [1.82, 2.24) is 19.6 Å². The van der Waals surface area contributed by atoms with Gasteiger partial charge in [0.25, 0.3) is 11.8 Å². The zero-order valence-corrected chi connectivity index (χ0v) is 17.4. The smallest absolute Gasteiger partial charge is 0.272 e. The second-order valence-corrected chi connectivity index (χ2v) is 7.33. The number of carbonyl (C=O) groups excluding carboxylic acids is 2. The zero-order valence-electron chi connectivity index (χ0n) is 17.4. The van der Waals surface area contributed by atoms with Gasteiger partial charge >= 0.3 is 0 Å².